The topological polar surface area (TPSA) is 212 Å². The highest BCUT2D eigenvalue weighted by Gasteiger charge is 2.43. The van der Waals surface area contributed by atoms with Gasteiger partial charge < -0.3 is 25.5 Å². The first-order valence-corrected chi connectivity index (χ1v) is 44.3. The Morgan fingerprint density at radius 2 is 0.659 bits per heavy atom. The quantitative estimate of drug-likeness (QED) is 0.0455. The molecule has 0 aliphatic heterocycles. The number of carboxylic acid groups (broad SMARTS) is 5. The van der Waals surface area contributed by atoms with Crippen molar-refractivity contribution in [2.24, 2.45) is 0 Å². The monoisotopic (exact) mass is 1790 g/mol. The molecule has 0 amide bonds. The maximum absolute atomic E-state index is 14.0. The van der Waals surface area contributed by atoms with Gasteiger partial charge in [0.15, 0.2) is 0 Å². The van der Waals surface area contributed by atoms with Gasteiger partial charge in [-0.1, -0.05) is 222 Å². The van der Waals surface area contributed by atoms with Crippen LogP contribution in [0.15, 0.2) is 151 Å². The number of aromatic nitrogens is 2. The van der Waals surface area contributed by atoms with E-state index in [4.69, 9.17) is 30.5 Å². The Morgan fingerprint density at radius 1 is 0.326 bits per heavy atom. The molecule has 0 saturated carbocycles. The number of carbonyl (C=O) groups is 5. The van der Waals surface area contributed by atoms with E-state index in [1.807, 2.05) is 19.1 Å². The van der Waals surface area contributed by atoms with Crippen molar-refractivity contribution in [3.05, 3.63) is 326 Å². The summed E-state index contributed by atoms with van der Waals surface area (Å²) in [5.74, 6) is 16.8. The molecule has 1 aromatic heterocycles. The van der Waals surface area contributed by atoms with E-state index in [0.29, 0.717) is 16.8 Å². The zero-order valence-corrected chi connectivity index (χ0v) is 79.9. The molecule has 0 saturated heterocycles. The third kappa shape index (κ3) is 23.7. The first kappa shape index (κ1) is 101. The van der Waals surface area contributed by atoms with E-state index in [9.17, 15) is 50.3 Å². The molecule has 0 atom stereocenters. The Morgan fingerprint density at radius 3 is 1.04 bits per heavy atom. The van der Waals surface area contributed by atoms with Crippen molar-refractivity contribution in [2.75, 3.05) is 0 Å². The third-order valence-corrected chi connectivity index (χ3v) is 26.8. The Balaban J connectivity index is 0.000000171. The van der Waals surface area contributed by atoms with Crippen molar-refractivity contribution in [1.29, 1.82) is 0 Å². The van der Waals surface area contributed by atoms with E-state index in [0.717, 1.165) is 145 Å². The van der Waals surface area contributed by atoms with Crippen LogP contribution in [0.1, 0.15) is 368 Å². The standard InChI is InChI=1S/C24H24F2O2.C24H25FO2.C23H22F2O2.C23H23FO2.C20H24N2O2/c1-14-10-17-18(24(4,5)9-8-23(17,2)3)13-16(14)7-6-15-11-19(25)21(22(27)28)20(26)12-15;1-15-12-19-20(24(4,5)11-10-23(19,2)3)14-17(15)8-6-16-7-9-18(22(26)27)21(25)13-16;1-22(2)9-10-23(3,4)17-11-14(7-8-16(17)22)5-6-15-12-18(24)20(21(26)27)19(25)13-15;1-22(2)11-12-23(3,4)19-13-15(6-10-18(19)22)5-7-16-8-9-17(21(25)26)14-20(16)24;1-14(12-16(23)24)8-6-7-9-15-13-21-17-18(22-15)20(4,5)11-10-19(17,2)3/h10-13H,8-9H2,1-5H3,(H,27,28);7,9,12-14H,10-11H2,1-5H3,(H,26,27);7-8,11-13H,9-10H2,1-4H3,(H,26,27);6,8-10,13-14H,11-12H2,1-4H3,(H,25,26);6,8,12-13H,10-11H2,1-5H3,(H,23,24)/b;;;;8-6+,14-12+. The number of allylic oxidation sites excluding steroid dienone is 3. The van der Waals surface area contributed by atoms with Crippen LogP contribution in [0, 0.1) is 108 Å². The van der Waals surface area contributed by atoms with Gasteiger partial charge in [-0.15, -0.1) is 0 Å². The molecular formula is C114H118F6N2O10. The highest BCUT2D eigenvalue weighted by atomic mass is 19.2. The molecule has 0 spiro atoms. The number of hydrogen-bond acceptors (Lipinski definition) is 7. The van der Waals surface area contributed by atoms with Crippen LogP contribution in [0.4, 0.5) is 26.3 Å². The molecule has 5 N–H and O–H groups in total. The SMILES string of the molecule is CC(/C=C/C#Cc1cnc2c(n1)C(C)(C)CCC2(C)C)=C\C(=O)O.CC1(C)CCC(C)(C)c2cc(C#Cc3cc(F)c(C(=O)O)c(F)c3)ccc21.CC1(C)CCC(C)(C)c2cc(C#Cc3ccc(C(=O)O)cc3F)ccc21.Cc1cc2c(cc1C#Cc1cc(F)c(C(=O)O)c(F)c1)C(C)(C)CCC2(C)C.Cc1cc2c(cc1C#Cc1ccc(C(=O)O)c(F)c1)C(C)(C)CCC2(C)C. The lowest BCUT2D eigenvalue weighted by molar-refractivity contribution is -0.131. The Labute approximate surface area is 773 Å². The lowest BCUT2D eigenvalue weighted by Gasteiger charge is -2.42. The van der Waals surface area contributed by atoms with Gasteiger partial charge in [-0.2, -0.15) is 0 Å². The second-order valence-corrected chi connectivity index (χ2v) is 41.8. The molecule has 0 fully saturated rings. The van der Waals surface area contributed by atoms with Crippen molar-refractivity contribution in [3.8, 4) is 59.2 Å². The first-order chi connectivity index (χ1) is 61.2. The van der Waals surface area contributed by atoms with E-state index < -0.39 is 75.9 Å². The molecule has 132 heavy (non-hydrogen) atoms. The molecule has 5 aliphatic carbocycles. The van der Waals surface area contributed by atoms with E-state index >= 15 is 0 Å². The molecule has 18 heteroatoms. The van der Waals surface area contributed by atoms with Gasteiger partial charge >= 0.3 is 29.8 Å². The normalized spacial score (nSPS) is 17.1. The largest absolute Gasteiger partial charge is 0.478 e. The van der Waals surface area contributed by atoms with Crippen LogP contribution in [-0.4, -0.2) is 65.3 Å². The number of fused-ring (bicyclic) bond motifs is 5. The van der Waals surface area contributed by atoms with Crippen molar-refractivity contribution < 1.29 is 75.8 Å². The Kier molecular flexibility index (Phi) is 29.8. The third-order valence-electron chi connectivity index (χ3n) is 26.8. The van der Waals surface area contributed by atoms with Crippen molar-refractivity contribution in [2.45, 2.75) is 278 Å². The van der Waals surface area contributed by atoms with Crippen molar-refractivity contribution in [3.63, 3.8) is 0 Å². The summed E-state index contributed by atoms with van der Waals surface area (Å²) >= 11 is 0. The predicted octanol–water partition coefficient (Wildman–Crippen LogP) is 25.8. The summed E-state index contributed by atoms with van der Waals surface area (Å²) in [5, 5.41) is 44.2. The average Bonchev–Trinajstić information content (AvgIpc) is 0.751. The number of aliphatic carboxylic acids is 1. The lowest BCUT2D eigenvalue weighted by Crippen LogP contribution is -2.36. The summed E-state index contributed by atoms with van der Waals surface area (Å²) < 4.78 is 83.3. The summed E-state index contributed by atoms with van der Waals surface area (Å²) in [6.45, 7) is 50.6. The number of aromatic carboxylic acids is 4. The maximum Gasteiger partial charge on any atom is 0.341 e. The van der Waals surface area contributed by atoms with E-state index in [2.05, 4.69) is 258 Å². The molecule has 14 rings (SSSR count). The fourth-order valence-electron chi connectivity index (χ4n) is 17.6. The number of carboxylic acids is 5. The number of rotatable bonds is 6. The zero-order valence-electron chi connectivity index (χ0n) is 79.9. The van der Waals surface area contributed by atoms with E-state index in [1.54, 1.807) is 31.3 Å². The van der Waals surface area contributed by atoms with Crippen LogP contribution in [0.5, 0.6) is 0 Å². The van der Waals surface area contributed by atoms with E-state index in [-0.39, 0.29) is 82.0 Å². The van der Waals surface area contributed by atoms with E-state index in [1.165, 1.54) is 68.8 Å². The van der Waals surface area contributed by atoms with Gasteiger partial charge in [-0.25, -0.2) is 55.3 Å². The van der Waals surface area contributed by atoms with Crippen LogP contribution in [-0.2, 0) is 58.9 Å². The minimum absolute atomic E-state index is 0.00615. The number of halogens is 6. The first-order valence-electron chi connectivity index (χ1n) is 44.3. The molecular weight excluding hydrogens is 1670 g/mol. The molecule has 12 nitrogen and oxygen atoms in total. The zero-order chi connectivity index (χ0) is 97.9. The Hall–Kier alpha value is -13.0. The fourth-order valence-corrected chi connectivity index (χ4v) is 17.6. The molecule has 0 bridgehead atoms. The van der Waals surface area contributed by atoms with Crippen LogP contribution in [0.3, 0.4) is 0 Å². The lowest BCUT2D eigenvalue weighted by atomic mass is 9.62. The highest BCUT2D eigenvalue weighted by Crippen LogP contribution is 2.51. The van der Waals surface area contributed by atoms with Gasteiger partial charge in [0.1, 0.15) is 51.7 Å². The van der Waals surface area contributed by atoms with Gasteiger partial charge in [0.2, 0.25) is 0 Å². The number of nitrogens with zero attached hydrogens (tertiary/aromatic N) is 2. The van der Waals surface area contributed by atoms with Crippen LogP contribution >= 0.6 is 0 Å². The van der Waals surface area contributed by atoms with Gasteiger partial charge in [0, 0.05) is 55.9 Å². The summed E-state index contributed by atoms with van der Waals surface area (Å²) in [6, 6.07) is 32.6. The van der Waals surface area contributed by atoms with Gasteiger partial charge in [-0.05, 0) is 299 Å². The summed E-state index contributed by atoms with van der Waals surface area (Å²) in [7, 11) is 0. The minimum atomic E-state index is -1.64. The number of benzene rings is 8. The van der Waals surface area contributed by atoms with Gasteiger partial charge in [-0.3, -0.25) is 4.98 Å². The predicted molar refractivity (Wildman–Crippen MR) is 508 cm³/mol. The molecule has 0 unspecified atom stereocenters. The van der Waals surface area contributed by atoms with Gasteiger partial charge in [0.05, 0.1) is 34.3 Å². The Bertz CT molecular complexity index is 6510. The second kappa shape index (κ2) is 38.8. The molecule has 8 aromatic carbocycles. The molecule has 686 valence electrons. The second-order valence-electron chi connectivity index (χ2n) is 41.8. The molecule has 1 heterocycles. The molecule has 5 aliphatic rings. The van der Waals surface area contributed by atoms with Gasteiger partial charge in [0.25, 0.3) is 0 Å². The van der Waals surface area contributed by atoms with Crippen LogP contribution < -0.4 is 0 Å². The molecule has 0 radical (unpaired) electrons. The van der Waals surface area contributed by atoms with Crippen LogP contribution in [0.2, 0.25) is 0 Å². The molecule has 9 aromatic rings. The maximum atomic E-state index is 14.0. The summed E-state index contributed by atoms with van der Waals surface area (Å²) in [6.07, 6.45) is 17.3. The van der Waals surface area contributed by atoms with Crippen LogP contribution in [0.25, 0.3) is 0 Å². The summed E-state index contributed by atoms with van der Waals surface area (Å²) in [5.41, 5.74) is 18.8. The number of hydrogen-bond donors (Lipinski definition) is 5. The number of aryl methyl sites for hydroxylation is 2. The smallest absolute Gasteiger partial charge is 0.341 e. The average molecular weight is 1790 g/mol. The summed E-state index contributed by atoms with van der Waals surface area (Å²) in [4.78, 5) is 63.5. The minimum Gasteiger partial charge on any atom is -0.478 e. The highest BCUT2D eigenvalue weighted by molar-refractivity contribution is 5.90. The fraction of sp³-hybridized carbons (Fsp3) is 0.377. The van der Waals surface area contributed by atoms with Crippen molar-refractivity contribution in [1.82, 2.24) is 9.97 Å². The van der Waals surface area contributed by atoms with Crippen molar-refractivity contribution >= 4 is 29.8 Å².